The summed E-state index contributed by atoms with van der Waals surface area (Å²) in [5.41, 5.74) is 1.65. The number of aliphatic hydroxyl groups is 1. The second-order valence-corrected chi connectivity index (χ2v) is 5.17. The third-order valence-corrected chi connectivity index (χ3v) is 2.50. The van der Waals surface area contributed by atoms with Crippen molar-refractivity contribution in [1.29, 1.82) is 0 Å². The second kappa shape index (κ2) is 4.87. The summed E-state index contributed by atoms with van der Waals surface area (Å²) in [7, 11) is 3.09. The zero-order valence-electron chi connectivity index (χ0n) is 11.0. The van der Waals surface area contributed by atoms with Crippen LogP contribution in [-0.4, -0.2) is 34.1 Å². The van der Waals surface area contributed by atoms with E-state index in [-0.39, 0.29) is 11.8 Å². The van der Waals surface area contributed by atoms with E-state index in [1.165, 1.54) is 7.11 Å². The van der Waals surface area contributed by atoms with Gasteiger partial charge in [0.25, 0.3) is 0 Å². The Labute approximate surface area is 101 Å². The van der Waals surface area contributed by atoms with Gasteiger partial charge < -0.3 is 9.84 Å². The zero-order chi connectivity index (χ0) is 13.2. The molecule has 5 nitrogen and oxygen atoms in total. The molecule has 1 atom stereocenters. The third kappa shape index (κ3) is 3.30. The highest BCUT2D eigenvalue weighted by atomic mass is 16.5. The van der Waals surface area contributed by atoms with E-state index in [2.05, 4.69) is 9.84 Å². The molecule has 17 heavy (non-hydrogen) atoms. The van der Waals surface area contributed by atoms with Crippen LogP contribution in [-0.2, 0) is 28.4 Å². The van der Waals surface area contributed by atoms with Crippen LogP contribution in [0.2, 0.25) is 0 Å². The molecule has 0 aliphatic carbocycles. The summed E-state index contributed by atoms with van der Waals surface area (Å²) < 4.78 is 6.19. The first-order valence-corrected chi connectivity index (χ1v) is 5.54. The molecule has 1 rings (SSSR count). The van der Waals surface area contributed by atoms with Crippen molar-refractivity contribution in [2.75, 3.05) is 7.11 Å². The molecule has 0 saturated heterocycles. The first-order valence-electron chi connectivity index (χ1n) is 5.54. The van der Waals surface area contributed by atoms with Crippen LogP contribution in [0.3, 0.4) is 0 Å². The zero-order valence-corrected chi connectivity index (χ0v) is 11.0. The molecule has 0 aliphatic heterocycles. The van der Waals surface area contributed by atoms with Gasteiger partial charge in [-0.2, -0.15) is 5.10 Å². The van der Waals surface area contributed by atoms with Gasteiger partial charge in [0.2, 0.25) is 0 Å². The second-order valence-electron chi connectivity index (χ2n) is 5.17. The summed E-state index contributed by atoms with van der Waals surface area (Å²) in [6.45, 7) is 6.13. The van der Waals surface area contributed by atoms with E-state index in [1.807, 2.05) is 34.0 Å². The number of aromatic nitrogens is 2. The van der Waals surface area contributed by atoms with Crippen LogP contribution in [0.5, 0.6) is 0 Å². The quantitative estimate of drug-likeness (QED) is 0.793. The summed E-state index contributed by atoms with van der Waals surface area (Å²) in [5.74, 6) is -0.617. The Morgan fingerprint density at radius 3 is 2.65 bits per heavy atom. The first-order chi connectivity index (χ1) is 7.75. The van der Waals surface area contributed by atoms with E-state index in [1.54, 1.807) is 4.68 Å². The van der Waals surface area contributed by atoms with Crippen molar-refractivity contribution in [3.05, 3.63) is 17.5 Å². The van der Waals surface area contributed by atoms with Gasteiger partial charge in [-0.05, 0) is 5.56 Å². The van der Waals surface area contributed by atoms with Crippen LogP contribution in [0.4, 0.5) is 0 Å². The van der Waals surface area contributed by atoms with Gasteiger partial charge in [-0.1, -0.05) is 20.8 Å². The summed E-state index contributed by atoms with van der Waals surface area (Å²) in [6.07, 6.45) is 0.921. The molecule has 0 bridgehead atoms. The molecule has 96 valence electrons. The number of ether oxygens (including phenoxy) is 1. The minimum atomic E-state index is -1.13. The van der Waals surface area contributed by atoms with E-state index < -0.39 is 12.1 Å². The maximum absolute atomic E-state index is 11.2. The van der Waals surface area contributed by atoms with Gasteiger partial charge in [-0.15, -0.1) is 0 Å². The van der Waals surface area contributed by atoms with E-state index in [0.717, 1.165) is 11.3 Å². The van der Waals surface area contributed by atoms with Crippen LogP contribution >= 0.6 is 0 Å². The largest absolute Gasteiger partial charge is 0.467 e. The predicted molar refractivity (Wildman–Crippen MR) is 63.6 cm³/mol. The summed E-state index contributed by atoms with van der Waals surface area (Å²) >= 11 is 0. The highest BCUT2D eigenvalue weighted by molar-refractivity contribution is 5.74. The van der Waals surface area contributed by atoms with Crippen LogP contribution in [0.1, 0.15) is 32.0 Å². The van der Waals surface area contributed by atoms with E-state index in [4.69, 9.17) is 0 Å². The molecular formula is C12H20N2O3. The van der Waals surface area contributed by atoms with Gasteiger partial charge in [-0.3, -0.25) is 4.68 Å². The number of aryl methyl sites for hydroxylation is 1. The number of rotatable bonds is 3. The highest BCUT2D eigenvalue weighted by Gasteiger charge is 2.25. The number of carbonyl (C=O) groups excluding carboxylic acids is 1. The molecule has 0 saturated carbocycles. The Hall–Kier alpha value is -1.36. The smallest absolute Gasteiger partial charge is 0.335 e. The average Bonchev–Trinajstić information content (AvgIpc) is 2.57. The summed E-state index contributed by atoms with van der Waals surface area (Å²) in [6, 6.07) is 0. The van der Waals surface area contributed by atoms with Crippen molar-refractivity contribution >= 4 is 5.97 Å². The lowest BCUT2D eigenvalue weighted by atomic mass is 9.88. The predicted octanol–water partition coefficient (Wildman–Crippen LogP) is 0.794. The topological polar surface area (TPSA) is 64.3 Å². The summed E-state index contributed by atoms with van der Waals surface area (Å²) in [4.78, 5) is 11.2. The lowest BCUT2D eigenvalue weighted by molar-refractivity contribution is -0.150. The molecule has 1 aromatic rings. The molecule has 5 heteroatoms. The third-order valence-electron chi connectivity index (χ3n) is 2.50. The molecule has 0 radical (unpaired) electrons. The minimum absolute atomic E-state index is 0.119. The first kappa shape index (κ1) is 13.7. The SMILES string of the molecule is COC(=O)C(O)Cc1cn(C)nc1C(C)(C)C. The Morgan fingerprint density at radius 2 is 2.18 bits per heavy atom. The van der Waals surface area contributed by atoms with Gasteiger partial charge in [-0.25, -0.2) is 4.79 Å². The van der Waals surface area contributed by atoms with Crippen molar-refractivity contribution in [3.8, 4) is 0 Å². The van der Waals surface area contributed by atoms with Crippen molar-refractivity contribution in [2.45, 2.75) is 38.7 Å². The molecule has 0 aromatic carbocycles. The lowest BCUT2D eigenvalue weighted by Gasteiger charge is -2.18. The molecule has 1 N–H and O–H groups in total. The molecule has 0 spiro atoms. The molecule has 1 heterocycles. The number of aliphatic hydroxyl groups excluding tert-OH is 1. The molecule has 0 fully saturated rings. The van der Waals surface area contributed by atoms with Crippen LogP contribution in [0.15, 0.2) is 6.20 Å². The van der Waals surface area contributed by atoms with Crippen LogP contribution in [0, 0.1) is 0 Å². The number of hydrogen-bond donors (Lipinski definition) is 1. The molecule has 0 aliphatic rings. The summed E-state index contributed by atoms with van der Waals surface area (Å²) in [5, 5.41) is 14.0. The normalized spacial score (nSPS) is 13.5. The number of esters is 1. The van der Waals surface area contributed by atoms with Crippen LogP contribution < -0.4 is 0 Å². The Bertz CT molecular complexity index is 404. The molecule has 1 unspecified atom stereocenters. The standard InChI is InChI=1S/C12H20N2O3/c1-12(2,3)10-8(7-14(4)13-10)6-9(15)11(16)17-5/h7,9,15H,6H2,1-5H3. The van der Waals surface area contributed by atoms with Crippen molar-refractivity contribution in [2.24, 2.45) is 7.05 Å². The van der Waals surface area contributed by atoms with Crippen molar-refractivity contribution in [3.63, 3.8) is 0 Å². The van der Waals surface area contributed by atoms with Crippen LogP contribution in [0.25, 0.3) is 0 Å². The molecule has 0 amide bonds. The van der Waals surface area contributed by atoms with E-state index >= 15 is 0 Å². The van der Waals surface area contributed by atoms with Crippen molar-refractivity contribution < 1.29 is 14.6 Å². The number of methoxy groups -OCH3 is 1. The number of hydrogen-bond acceptors (Lipinski definition) is 4. The van der Waals surface area contributed by atoms with Gasteiger partial charge in [0.15, 0.2) is 6.10 Å². The Morgan fingerprint density at radius 1 is 1.59 bits per heavy atom. The van der Waals surface area contributed by atoms with Gasteiger partial charge in [0, 0.05) is 25.1 Å². The maximum atomic E-state index is 11.2. The van der Waals surface area contributed by atoms with Crippen molar-refractivity contribution in [1.82, 2.24) is 9.78 Å². The van der Waals surface area contributed by atoms with Gasteiger partial charge in [0.1, 0.15) is 0 Å². The Balaban J connectivity index is 2.95. The fourth-order valence-corrected chi connectivity index (χ4v) is 1.75. The maximum Gasteiger partial charge on any atom is 0.335 e. The monoisotopic (exact) mass is 240 g/mol. The fourth-order valence-electron chi connectivity index (χ4n) is 1.75. The highest BCUT2D eigenvalue weighted by Crippen LogP contribution is 2.25. The minimum Gasteiger partial charge on any atom is -0.467 e. The van der Waals surface area contributed by atoms with Gasteiger partial charge in [0.05, 0.1) is 12.8 Å². The van der Waals surface area contributed by atoms with E-state index in [0.29, 0.717) is 0 Å². The molecular weight excluding hydrogens is 220 g/mol. The average molecular weight is 240 g/mol. The van der Waals surface area contributed by atoms with E-state index in [9.17, 15) is 9.90 Å². The van der Waals surface area contributed by atoms with Gasteiger partial charge >= 0.3 is 5.97 Å². The number of nitrogens with zero attached hydrogens (tertiary/aromatic N) is 2. The lowest BCUT2D eigenvalue weighted by Crippen LogP contribution is -2.25. The Kier molecular flexibility index (Phi) is 3.93. The number of carbonyl (C=O) groups is 1. The fraction of sp³-hybridized carbons (Fsp3) is 0.667. The molecule has 1 aromatic heterocycles.